The van der Waals surface area contributed by atoms with E-state index in [1.54, 1.807) is 24.2 Å². The first-order chi connectivity index (χ1) is 8.68. The highest BCUT2D eigenvalue weighted by molar-refractivity contribution is 6.33. The highest BCUT2D eigenvalue weighted by atomic mass is 35.5. The number of nitrogens with zero attached hydrogens (tertiary/aromatic N) is 2. The largest absolute Gasteiger partial charge is 0.337 e. The monoisotopic (exact) mass is 260 g/mol. The van der Waals surface area contributed by atoms with Crippen molar-refractivity contribution in [2.45, 2.75) is 6.54 Å². The summed E-state index contributed by atoms with van der Waals surface area (Å²) in [6.07, 6.45) is 3.06. The summed E-state index contributed by atoms with van der Waals surface area (Å²) in [5, 5.41) is 0.426. The Hall–Kier alpha value is -1.87. The molecule has 0 N–H and O–H groups in total. The van der Waals surface area contributed by atoms with Crippen LogP contribution in [0.25, 0.3) is 0 Å². The highest BCUT2D eigenvalue weighted by Crippen LogP contribution is 2.16. The number of rotatable bonds is 3. The molecule has 0 atom stereocenters. The van der Waals surface area contributed by atoms with E-state index in [1.165, 1.54) is 6.20 Å². The summed E-state index contributed by atoms with van der Waals surface area (Å²) >= 11 is 5.98. The Labute approximate surface area is 111 Å². The SMILES string of the molecule is CN(Cc1ccccc1)C(=O)c1cnccc1Cl. The molecule has 0 aliphatic rings. The maximum absolute atomic E-state index is 12.2. The van der Waals surface area contributed by atoms with E-state index in [0.29, 0.717) is 17.1 Å². The number of halogens is 1. The first-order valence-corrected chi connectivity index (χ1v) is 5.95. The van der Waals surface area contributed by atoms with Gasteiger partial charge in [0.2, 0.25) is 0 Å². The zero-order valence-electron chi connectivity index (χ0n) is 10.0. The van der Waals surface area contributed by atoms with Crippen LogP contribution in [0.5, 0.6) is 0 Å². The molecule has 3 nitrogen and oxygen atoms in total. The fraction of sp³-hybridized carbons (Fsp3) is 0.143. The standard InChI is InChI=1S/C14H13ClN2O/c1-17(10-11-5-3-2-4-6-11)14(18)12-9-16-8-7-13(12)15/h2-9H,10H2,1H3. The second-order valence-corrected chi connectivity index (χ2v) is 4.41. The van der Waals surface area contributed by atoms with Gasteiger partial charge in [-0.2, -0.15) is 0 Å². The molecule has 0 fully saturated rings. The fourth-order valence-corrected chi connectivity index (χ4v) is 1.86. The minimum Gasteiger partial charge on any atom is -0.337 e. The molecule has 0 radical (unpaired) electrons. The molecule has 1 aromatic carbocycles. The minimum absolute atomic E-state index is 0.128. The highest BCUT2D eigenvalue weighted by Gasteiger charge is 2.15. The van der Waals surface area contributed by atoms with Gasteiger partial charge in [-0.1, -0.05) is 41.9 Å². The lowest BCUT2D eigenvalue weighted by Gasteiger charge is -2.17. The summed E-state index contributed by atoms with van der Waals surface area (Å²) in [6, 6.07) is 11.4. The Morgan fingerprint density at radius 3 is 2.67 bits per heavy atom. The average molecular weight is 261 g/mol. The maximum Gasteiger partial charge on any atom is 0.256 e. The minimum atomic E-state index is -0.128. The van der Waals surface area contributed by atoms with Gasteiger partial charge in [-0.3, -0.25) is 9.78 Å². The van der Waals surface area contributed by atoms with Crippen molar-refractivity contribution in [1.29, 1.82) is 0 Å². The van der Waals surface area contributed by atoms with Crippen LogP contribution < -0.4 is 0 Å². The van der Waals surface area contributed by atoms with Gasteiger partial charge in [0.25, 0.3) is 5.91 Å². The predicted molar refractivity (Wildman–Crippen MR) is 71.5 cm³/mol. The molecule has 0 unspecified atom stereocenters. The average Bonchev–Trinajstić information content (AvgIpc) is 2.39. The Kier molecular flexibility index (Phi) is 3.95. The van der Waals surface area contributed by atoms with Crippen LogP contribution in [0.1, 0.15) is 15.9 Å². The van der Waals surface area contributed by atoms with Gasteiger partial charge in [-0.25, -0.2) is 0 Å². The lowest BCUT2D eigenvalue weighted by Crippen LogP contribution is -2.26. The third kappa shape index (κ3) is 2.87. The van der Waals surface area contributed by atoms with Crippen molar-refractivity contribution >= 4 is 17.5 Å². The maximum atomic E-state index is 12.2. The lowest BCUT2D eigenvalue weighted by molar-refractivity contribution is 0.0785. The van der Waals surface area contributed by atoms with E-state index >= 15 is 0 Å². The lowest BCUT2D eigenvalue weighted by atomic mass is 10.2. The van der Waals surface area contributed by atoms with Crippen molar-refractivity contribution < 1.29 is 4.79 Å². The molecular formula is C14H13ClN2O. The van der Waals surface area contributed by atoms with E-state index < -0.39 is 0 Å². The number of benzene rings is 1. The van der Waals surface area contributed by atoms with Gasteiger partial charge in [0, 0.05) is 26.0 Å². The molecule has 1 heterocycles. The van der Waals surface area contributed by atoms with E-state index in [4.69, 9.17) is 11.6 Å². The van der Waals surface area contributed by atoms with Gasteiger partial charge < -0.3 is 4.90 Å². The van der Waals surface area contributed by atoms with Gasteiger partial charge in [-0.15, -0.1) is 0 Å². The Morgan fingerprint density at radius 2 is 2.00 bits per heavy atom. The first-order valence-electron chi connectivity index (χ1n) is 5.57. The normalized spacial score (nSPS) is 10.1. The van der Waals surface area contributed by atoms with Crippen molar-refractivity contribution in [2.24, 2.45) is 0 Å². The first kappa shape index (κ1) is 12.6. The molecule has 1 amide bonds. The van der Waals surface area contributed by atoms with Gasteiger partial charge in [0.05, 0.1) is 10.6 Å². The van der Waals surface area contributed by atoms with Crippen LogP contribution >= 0.6 is 11.6 Å². The van der Waals surface area contributed by atoms with E-state index in [1.807, 2.05) is 30.3 Å². The third-order valence-electron chi connectivity index (χ3n) is 2.61. The number of pyridine rings is 1. The zero-order chi connectivity index (χ0) is 13.0. The second kappa shape index (κ2) is 5.65. The topological polar surface area (TPSA) is 33.2 Å². The van der Waals surface area contributed by atoms with Crippen molar-refractivity contribution in [3.05, 3.63) is 64.9 Å². The Bertz CT molecular complexity index is 543. The second-order valence-electron chi connectivity index (χ2n) is 4.00. The van der Waals surface area contributed by atoms with Crippen LogP contribution in [-0.4, -0.2) is 22.8 Å². The number of hydrogen-bond acceptors (Lipinski definition) is 2. The van der Waals surface area contributed by atoms with Gasteiger partial charge >= 0.3 is 0 Å². The molecule has 2 aromatic rings. The van der Waals surface area contributed by atoms with E-state index in [-0.39, 0.29) is 5.91 Å². The van der Waals surface area contributed by atoms with Gasteiger partial charge in [0.15, 0.2) is 0 Å². The summed E-state index contributed by atoms with van der Waals surface area (Å²) in [5.41, 5.74) is 1.51. The van der Waals surface area contributed by atoms with Crippen LogP contribution in [0, 0.1) is 0 Å². The van der Waals surface area contributed by atoms with Crippen molar-refractivity contribution in [2.75, 3.05) is 7.05 Å². The number of aromatic nitrogens is 1. The quantitative estimate of drug-likeness (QED) is 0.850. The van der Waals surface area contributed by atoms with Crippen molar-refractivity contribution in [1.82, 2.24) is 9.88 Å². The molecular weight excluding hydrogens is 248 g/mol. The third-order valence-corrected chi connectivity index (χ3v) is 2.94. The molecule has 0 saturated heterocycles. The van der Waals surface area contributed by atoms with E-state index in [2.05, 4.69) is 4.98 Å². The summed E-state index contributed by atoms with van der Waals surface area (Å²) < 4.78 is 0. The molecule has 0 aliphatic heterocycles. The fourth-order valence-electron chi connectivity index (χ4n) is 1.67. The number of carbonyl (C=O) groups is 1. The molecule has 4 heteroatoms. The molecule has 0 saturated carbocycles. The molecule has 18 heavy (non-hydrogen) atoms. The number of hydrogen-bond donors (Lipinski definition) is 0. The summed E-state index contributed by atoms with van der Waals surface area (Å²) in [7, 11) is 1.75. The van der Waals surface area contributed by atoms with Crippen molar-refractivity contribution in [3.8, 4) is 0 Å². The van der Waals surface area contributed by atoms with Crippen LogP contribution in [0.4, 0.5) is 0 Å². The predicted octanol–water partition coefficient (Wildman–Crippen LogP) is 3.01. The van der Waals surface area contributed by atoms with Crippen LogP contribution in [0.15, 0.2) is 48.8 Å². The number of amides is 1. The van der Waals surface area contributed by atoms with Crippen LogP contribution in [0.3, 0.4) is 0 Å². The summed E-state index contributed by atoms with van der Waals surface area (Å²) in [6.45, 7) is 0.547. The number of carbonyl (C=O) groups excluding carboxylic acids is 1. The van der Waals surface area contributed by atoms with Gasteiger partial charge in [0.1, 0.15) is 0 Å². The molecule has 0 spiro atoms. The molecule has 0 bridgehead atoms. The molecule has 2 rings (SSSR count). The van der Waals surface area contributed by atoms with Gasteiger partial charge in [-0.05, 0) is 11.6 Å². The molecule has 1 aromatic heterocycles. The van der Waals surface area contributed by atoms with Crippen LogP contribution in [0.2, 0.25) is 5.02 Å². The smallest absolute Gasteiger partial charge is 0.256 e. The van der Waals surface area contributed by atoms with E-state index in [9.17, 15) is 4.79 Å². The zero-order valence-corrected chi connectivity index (χ0v) is 10.8. The summed E-state index contributed by atoms with van der Waals surface area (Å²) in [4.78, 5) is 17.7. The summed E-state index contributed by atoms with van der Waals surface area (Å²) in [5.74, 6) is -0.128. The molecule has 0 aliphatic carbocycles. The molecule has 92 valence electrons. The Balaban J connectivity index is 2.13. The Morgan fingerprint density at radius 1 is 1.28 bits per heavy atom. The van der Waals surface area contributed by atoms with Crippen LogP contribution in [-0.2, 0) is 6.54 Å². The van der Waals surface area contributed by atoms with Crippen molar-refractivity contribution in [3.63, 3.8) is 0 Å². The van der Waals surface area contributed by atoms with E-state index in [0.717, 1.165) is 5.56 Å².